The van der Waals surface area contributed by atoms with Crippen molar-refractivity contribution >= 4 is 39.4 Å². The van der Waals surface area contributed by atoms with Crippen LogP contribution in [0.2, 0.25) is 0 Å². The Kier molecular flexibility index (Phi) is 4.77. The summed E-state index contributed by atoms with van der Waals surface area (Å²) in [5, 5.41) is 13.1. The molecule has 2 aromatic carbocycles. The van der Waals surface area contributed by atoms with E-state index in [1.165, 1.54) is 0 Å². The van der Waals surface area contributed by atoms with Crippen LogP contribution < -0.4 is 10.7 Å². The lowest BCUT2D eigenvalue weighted by atomic mass is 10.1. The number of nitrogens with zero attached hydrogens (tertiary/aromatic N) is 1. The molecule has 2 heterocycles. The van der Waals surface area contributed by atoms with E-state index in [1.807, 2.05) is 47.9 Å². The van der Waals surface area contributed by atoms with Crippen molar-refractivity contribution in [2.45, 2.75) is 25.9 Å². The highest BCUT2D eigenvalue weighted by Gasteiger charge is 2.27. The Labute approximate surface area is 170 Å². The molecule has 1 aliphatic rings. The molecular formula is C21H19IN2O3. The van der Waals surface area contributed by atoms with Crippen LogP contribution in [0.5, 0.6) is 0 Å². The number of benzene rings is 2. The lowest BCUT2D eigenvalue weighted by Crippen LogP contribution is -2.29. The number of hydrogen-bond donors (Lipinski definition) is 2. The number of nitrogens with one attached hydrogen (secondary N) is 1. The first kappa shape index (κ1) is 18.2. The molecule has 5 nitrogen and oxygen atoms in total. The first-order chi connectivity index (χ1) is 13.0. The molecule has 138 valence electrons. The molecule has 3 aromatic rings. The molecule has 0 saturated heterocycles. The number of carbonyl (C=O) groups excluding carboxylic acids is 1. The first-order valence-corrected chi connectivity index (χ1v) is 9.87. The summed E-state index contributed by atoms with van der Waals surface area (Å²) in [5.41, 5.74) is 3.85. The SMILES string of the molecule is Cc1ccc(CNC(=O)c2cn3c4c(cc(I)cc4c2=O)CC3CO)cc1. The normalized spacial score (nSPS) is 15.3. The molecule has 1 aromatic heterocycles. The van der Waals surface area contributed by atoms with Gasteiger partial charge in [0.25, 0.3) is 5.91 Å². The molecule has 0 bridgehead atoms. The lowest BCUT2D eigenvalue weighted by molar-refractivity contribution is 0.0949. The number of hydrogen-bond acceptors (Lipinski definition) is 3. The number of aryl methyl sites for hydroxylation is 1. The third kappa shape index (κ3) is 3.27. The molecule has 1 atom stereocenters. The lowest BCUT2D eigenvalue weighted by Gasteiger charge is -2.14. The van der Waals surface area contributed by atoms with Crippen LogP contribution in [0.3, 0.4) is 0 Å². The molecule has 0 radical (unpaired) electrons. The second kappa shape index (κ2) is 7.09. The topological polar surface area (TPSA) is 71.3 Å². The fourth-order valence-electron chi connectivity index (χ4n) is 3.63. The van der Waals surface area contributed by atoms with Crippen LogP contribution in [0.4, 0.5) is 0 Å². The molecule has 0 aliphatic carbocycles. The molecule has 0 spiro atoms. The van der Waals surface area contributed by atoms with Crippen molar-refractivity contribution in [3.8, 4) is 0 Å². The monoisotopic (exact) mass is 474 g/mol. The number of amides is 1. The van der Waals surface area contributed by atoms with E-state index in [-0.39, 0.29) is 23.6 Å². The van der Waals surface area contributed by atoms with Crippen LogP contribution >= 0.6 is 22.6 Å². The van der Waals surface area contributed by atoms with Gasteiger partial charge in [-0.25, -0.2) is 0 Å². The minimum absolute atomic E-state index is 0.0341. The van der Waals surface area contributed by atoms with Crippen LogP contribution in [0.25, 0.3) is 10.9 Å². The summed E-state index contributed by atoms with van der Waals surface area (Å²) in [6.45, 7) is 2.33. The zero-order chi connectivity index (χ0) is 19.1. The van der Waals surface area contributed by atoms with E-state index in [1.54, 1.807) is 6.20 Å². The van der Waals surface area contributed by atoms with Crippen molar-refractivity contribution in [3.05, 3.63) is 78.6 Å². The average molecular weight is 474 g/mol. The van der Waals surface area contributed by atoms with E-state index in [9.17, 15) is 14.7 Å². The summed E-state index contributed by atoms with van der Waals surface area (Å²) in [5.74, 6) is -0.393. The highest BCUT2D eigenvalue weighted by atomic mass is 127. The van der Waals surface area contributed by atoms with Crippen molar-refractivity contribution in [3.63, 3.8) is 0 Å². The molecule has 1 amide bonds. The number of pyridine rings is 1. The number of aliphatic hydroxyl groups is 1. The van der Waals surface area contributed by atoms with Crippen LogP contribution in [-0.4, -0.2) is 22.2 Å². The fourth-order valence-corrected chi connectivity index (χ4v) is 4.32. The molecular weight excluding hydrogens is 455 g/mol. The van der Waals surface area contributed by atoms with Gasteiger partial charge in [0.15, 0.2) is 0 Å². The molecule has 2 N–H and O–H groups in total. The van der Waals surface area contributed by atoms with Gasteiger partial charge in [0.2, 0.25) is 5.43 Å². The largest absolute Gasteiger partial charge is 0.394 e. The van der Waals surface area contributed by atoms with Gasteiger partial charge in [-0.05, 0) is 59.2 Å². The van der Waals surface area contributed by atoms with Crippen molar-refractivity contribution in [2.24, 2.45) is 0 Å². The Balaban J connectivity index is 1.72. The molecule has 6 heteroatoms. The number of halogens is 1. The summed E-state index contributed by atoms with van der Waals surface area (Å²) in [6, 6.07) is 11.6. The average Bonchev–Trinajstić information content (AvgIpc) is 3.01. The molecule has 4 rings (SSSR count). The maximum atomic E-state index is 13.0. The standard InChI is InChI=1S/C21H19IN2O3/c1-12-2-4-13(5-3-12)9-23-21(27)18-10-24-16(11-25)7-14-6-15(22)8-17(19(14)24)20(18)26/h2-6,8,10,16,25H,7,9,11H2,1H3,(H,23,27). The highest BCUT2D eigenvalue weighted by molar-refractivity contribution is 14.1. The fraction of sp³-hybridized carbons (Fsp3) is 0.238. The minimum atomic E-state index is -0.393. The Hall–Kier alpha value is -2.19. The van der Waals surface area contributed by atoms with E-state index < -0.39 is 5.91 Å². The van der Waals surface area contributed by atoms with Gasteiger partial charge in [0.1, 0.15) is 5.56 Å². The van der Waals surface area contributed by atoms with Crippen molar-refractivity contribution in [2.75, 3.05) is 6.61 Å². The Morgan fingerprint density at radius 1 is 1.30 bits per heavy atom. The smallest absolute Gasteiger partial charge is 0.257 e. The van der Waals surface area contributed by atoms with Gasteiger partial charge in [-0.1, -0.05) is 29.8 Å². The molecule has 0 saturated carbocycles. The summed E-state index contributed by atoms with van der Waals surface area (Å²) in [4.78, 5) is 25.7. The number of aliphatic hydroxyl groups excluding tert-OH is 1. The maximum Gasteiger partial charge on any atom is 0.257 e. The van der Waals surface area contributed by atoms with Crippen molar-refractivity contribution in [1.29, 1.82) is 0 Å². The van der Waals surface area contributed by atoms with E-state index in [0.717, 1.165) is 25.8 Å². The molecule has 1 aliphatic heterocycles. The molecule has 1 unspecified atom stereocenters. The first-order valence-electron chi connectivity index (χ1n) is 8.80. The van der Waals surface area contributed by atoms with Crippen LogP contribution in [0.1, 0.15) is 33.1 Å². The van der Waals surface area contributed by atoms with Gasteiger partial charge in [0, 0.05) is 21.7 Å². The van der Waals surface area contributed by atoms with E-state index in [4.69, 9.17) is 0 Å². The van der Waals surface area contributed by atoms with E-state index >= 15 is 0 Å². The summed E-state index contributed by atoms with van der Waals surface area (Å²) in [7, 11) is 0. The van der Waals surface area contributed by atoms with Crippen LogP contribution in [0, 0.1) is 10.5 Å². The van der Waals surface area contributed by atoms with Crippen LogP contribution in [0.15, 0.2) is 47.4 Å². The number of aromatic nitrogens is 1. The zero-order valence-corrected chi connectivity index (χ0v) is 17.0. The van der Waals surface area contributed by atoms with Gasteiger partial charge < -0.3 is 15.0 Å². The minimum Gasteiger partial charge on any atom is -0.394 e. The van der Waals surface area contributed by atoms with Gasteiger partial charge >= 0.3 is 0 Å². The second-order valence-corrected chi connectivity index (χ2v) is 8.19. The van der Waals surface area contributed by atoms with Gasteiger partial charge in [0.05, 0.1) is 18.2 Å². The Bertz CT molecular complexity index is 1100. The number of rotatable bonds is 4. The van der Waals surface area contributed by atoms with Gasteiger partial charge in [-0.2, -0.15) is 0 Å². The van der Waals surface area contributed by atoms with Crippen molar-refractivity contribution < 1.29 is 9.90 Å². The quantitative estimate of drug-likeness (QED) is 0.572. The third-order valence-corrected chi connectivity index (χ3v) is 5.67. The summed E-state index contributed by atoms with van der Waals surface area (Å²) in [6.07, 6.45) is 2.26. The Morgan fingerprint density at radius 3 is 2.74 bits per heavy atom. The Morgan fingerprint density at radius 2 is 2.04 bits per heavy atom. The van der Waals surface area contributed by atoms with Crippen molar-refractivity contribution in [1.82, 2.24) is 9.88 Å². The van der Waals surface area contributed by atoms with E-state index in [0.29, 0.717) is 18.4 Å². The summed E-state index contributed by atoms with van der Waals surface area (Å²) < 4.78 is 2.83. The predicted octanol–water partition coefficient (Wildman–Crippen LogP) is 2.93. The maximum absolute atomic E-state index is 13.0. The van der Waals surface area contributed by atoms with Gasteiger partial charge in [-0.3, -0.25) is 9.59 Å². The third-order valence-electron chi connectivity index (χ3n) is 5.05. The second-order valence-electron chi connectivity index (χ2n) is 6.95. The van der Waals surface area contributed by atoms with Crippen LogP contribution in [-0.2, 0) is 13.0 Å². The number of carbonyl (C=O) groups is 1. The highest BCUT2D eigenvalue weighted by Crippen LogP contribution is 2.32. The van der Waals surface area contributed by atoms with E-state index in [2.05, 4.69) is 27.9 Å². The molecule has 0 fully saturated rings. The molecule has 27 heavy (non-hydrogen) atoms. The van der Waals surface area contributed by atoms with Gasteiger partial charge in [-0.15, -0.1) is 0 Å². The zero-order valence-electron chi connectivity index (χ0n) is 14.8. The summed E-state index contributed by atoms with van der Waals surface area (Å²) >= 11 is 2.18. The predicted molar refractivity (Wildman–Crippen MR) is 113 cm³/mol.